The molecule has 3 nitrogen and oxygen atoms in total. The van der Waals surface area contributed by atoms with Crippen LogP contribution in [-0.4, -0.2) is 29.5 Å². The molecule has 0 radical (unpaired) electrons. The second kappa shape index (κ2) is 5.31. The number of benzene rings is 1. The average Bonchev–Trinajstić information content (AvgIpc) is 2.94. The zero-order chi connectivity index (χ0) is 13.2. The summed E-state index contributed by atoms with van der Waals surface area (Å²) in [5, 5.41) is 6.90. The molecular weight excluding hydrogens is 254 g/mol. The number of nitrogens with zero attached hydrogens (tertiary/aromatic N) is 2. The average molecular weight is 273 g/mol. The van der Waals surface area contributed by atoms with E-state index in [0.29, 0.717) is 6.04 Å². The Hall–Kier alpha value is -1.39. The predicted octanol–water partition coefficient (Wildman–Crippen LogP) is 2.92. The van der Waals surface area contributed by atoms with Gasteiger partial charge in [0.2, 0.25) is 0 Å². The lowest BCUT2D eigenvalue weighted by molar-refractivity contribution is 0.309. The molecule has 1 aromatic carbocycles. The highest BCUT2D eigenvalue weighted by Gasteiger charge is 2.21. The Kier molecular flexibility index (Phi) is 3.53. The van der Waals surface area contributed by atoms with Crippen LogP contribution in [0.1, 0.15) is 16.3 Å². The summed E-state index contributed by atoms with van der Waals surface area (Å²) < 4.78 is 0. The number of anilines is 1. The second-order valence-corrected chi connectivity index (χ2v) is 6.32. The maximum Gasteiger partial charge on any atom is 0.0897 e. The van der Waals surface area contributed by atoms with Crippen molar-refractivity contribution < 1.29 is 0 Å². The van der Waals surface area contributed by atoms with E-state index in [1.165, 1.54) is 16.9 Å². The fraction of sp³-hybridized carbons (Fsp3) is 0.400. The van der Waals surface area contributed by atoms with E-state index in [9.17, 15) is 0 Å². The van der Waals surface area contributed by atoms with Crippen LogP contribution in [0.15, 0.2) is 29.6 Å². The first-order chi connectivity index (χ1) is 9.20. The van der Waals surface area contributed by atoms with Crippen LogP contribution < -0.4 is 5.32 Å². The summed E-state index contributed by atoms with van der Waals surface area (Å²) in [5.41, 5.74) is 3.91. The Morgan fingerprint density at radius 1 is 1.42 bits per heavy atom. The van der Waals surface area contributed by atoms with Crippen LogP contribution >= 0.6 is 11.3 Å². The molecule has 1 aromatic heterocycles. The quantitative estimate of drug-likeness (QED) is 0.928. The van der Waals surface area contributed by atoms with Gasteiger partial charge in [-0.2, -0.15) is 0 Å². The zero-order valence-corrected chi connectivity index (χ0v) is 12.2. The first-order valence-corrected chi connectivity index (χ1v) is 7.52. The number of likely N-dealkylation sites (N-methyl/N-ethyl adjacent to an activating group) is 1. The number of aromatic nitrogens is 1. The molecule has 0 fully saturated rings. The molecule has 1 atom stereocenters. The molecule has 0 saturated heterocycles. The number of hydrogen-bond acceptors (Lipinski definition) is 4. The molecule has 19 heavy (non-hydrogen) atoms. The third-order valence-corrected chi connectivity index (χ3v) is 4.30. The molecule has 2 heterocycles. The number of fused-ring (bicyclic) bond motifs is 1. The van der Waals surface area contributed by atoms with Crippen LogP contribution in [0.4, 0.5) is 5.69 Å². The monoisotopic (exact) mass is 273 g/mol. The van der Waals surface area contributed by atoms with Crippen LogP contribution in [0.5, 0.6) is 0 Å². The van der Waals surface area contributed by atoms with Crippen molar-refractivity contribution in [2.45, 2.75) is 25.9 Å². The van der Waals surface area contributed by atoms with Crippen molar-refractivity contribution in [3.8, 4) is 0 Å². The van der Waals surface area contributed by atoms with Crippen molar-refractivity contribution in [3.05, 3.63) is 45.9 Å². The topological polar surface area (TPSA) is 28.2 Å². The number of aryl methyl sites for hydroxylation is 1. The standard InChI is InChI=1S/C15H19N3S/c1-11-16-14(10-19-11)9-18(2)8-13-7-12-5-3-4-6-15(12)17-13/h3-6,10,13,17H,7-9H2,1-2H3. The van der Waals surface area contributed by atoms with Crippen molar-refractivity contribution in [1.82, 2.24) is 9.88 Å². The number of rotatable bonds is 4. The number of nitrogens with one attached hydrogen (secondary N) is 1. The lowest BCUT2D eigenvalue weighted by atomic mass is 10.1. The van der Waals surface area contributed by atoms with E-state index in [0.717, 1.165) is 24.5 Å². The zero-order valence-electron chi connectivity index (χ0n) is 11.4. The van der Waals surface area contributed by atoms with E-state index in [1.54, 1.807) is 11.3 Å². The minimum atomic E-state index is 0.516. The van der Waals surface area contributed by atoms with Gasteiger partial charge in [-0.25, -0.2) is 4.98 Å². The van der Waals surface area contributed by atoms with Crippen molar-refractivity contribution >= 4 is 17.0 Å². The molecule has 1 N–H and O–H groups in total. The lowest BCUT2D eigenvalue weighted by Gasteiger charge is -2.20. The minimum Gasteiger partial charge on any atom is -0.380 e. The van der Waals surface area contributed by atoms with E-state index in [4.69, 9.17) is 0 Å². The molecule has 0 saturated carbocycles. The van der Waals surface area contributed by atoms with Gasteiger partial charge in [-0.1, -0.05) is 18.2 Å². The summed E-state index contributed by atoms with van der Waals surface area (Å²) in [6.07, 6.45) is 1.12. The first kappa shape index (κ1) is 12.6. The van der Waals surface area contributed by atoms with Crippen molar-refractivity contribution in [2.75, 3.05) is 18.9 Å². The number of hydrogen-bond donors (Lipinski definition) is 1. The first-order valence-electron chi connectivity index (χ1n) is 6.65. The number of thiazole rings is 1. The second-order valence-electron chi connectivity index (χ2n) is 5.26. The molecule has 0 aliphatic carbocycles. The fourth-order valence-electron chi connectivity index (χ4n) is 2.68. The highest BCUT2D eigenvalue weighted by Crippen LogP contribution is 2.25. The highest BCUT2D eigenvalue weighted by atomic mass is 32.1. The van der Waals surface area contributed by atoms with Gasteiger partial charge in [-0.15, -0.1) is 11.3 Å². The third-order valence-electron chi connectivity index (χ3n) is 3.47. The third kappa shape index (κ3) is 2.96. The Morgan fingerprint density at radius 3 is 3.00 bits per heavy atom. The minimum absolute atomic E-state index is 0.516. The van der Waals surface area contributed by atoms with Crippen molar-refractivity contribution in [3.63, 3.8) is 0 Å². The van der Waals surface area contributed by atoms with Crippen molar-refractivity contribution in [2.24, 2.45) is 0 Å². The SMILES string of the molecule is Cc1nc(CN(C)CC2Cc3ccccc3N2)cs1. The van der Waals surface area contributed by atoms with E-state index >= 15 is 0 Å². The van der Waals surface area contributed by atoms with Gasteiger partial charge in [-0.3, -0.25) is 4.90 Å². The van der Waals surface area contributed by atoms with Gasteiger partial charge in [0.25, 0.3) is 0 Å². The molecule has 1 aliphatic rings. The van der Waals surface area contributed by atoms with E-state index < -0.39 is 0 Å². The predicted molar refractivity (Wildman–Crippen MR) is 80.7 cm³/mol. The highest BCUT2D eigenvalue weighted by molar-refractivity contribution is 7.09. The molecule has 1 aliphatic heterocycles. The van der Waals surface area contributed by atoms with Crippen LogP contribution in [0.2, 0.25) is 0 Å². The van der Waals surface area contributed by atoms with Gasteiger partial charge in [0.05, 0.1) is 10.7 Å². The molecular formula is C15H19N3S. The Labute approximate surface area is 118 Å². The summed E-state index contributed by atoms with van der Waals surface area (Å²) in [6.45, 7) is 4.04. The van der Waals surface area contributed by atoms with Crippen LogP contribution in [0.25, 0.3) is 0 Å². The summed E-state index contributed by atoms with van der Waals surface area (Å²) >= 11 is 1.73. The summed E-state index contributed by atoms with van der Waals surface area (Å²) in [4.78, 5) is 6.87. The van der Waals surface area contributed by atoms with E-state index in [2.05, 4.69) is 58.8 Å². The van der Waals surface area contributed by atoms with Crippen LogP contribution in [0, 0.1) is 6.92 Å². The summed E-state index contributed by atoms with van der Waals surface area (Å²) in [6, 6.07) is 9.11. The summed E-state index contributed by atoms with van der Waals surface area (Å²) in [5.74, 6) is 0. The van der Waals surface area contributed by atoms with Gasteiger partial charge in [0.15, 0.2) is 0 Å². The molecule has 0 bridgehead atoms. The maximum atomic E-state index is 4.52. The summed E-state index contributed by atoms with van der Waals surface area (Å²) in [7, 11) is 2.17. The fourth-order valence-corrected chi connectivity index (χ4v) is 3.29. The smallest absolute Gasteiger partial charge is 0.0897 e. The Balaban J connectivity index is 1.55. The van der Waals surface area contributed by atoms with Crippen LogP contribution in [0.3, 0.4) is 0 Å². The molecule has 0 amide bonds. The van der Waals surface area contributed by atoms with Gasteiger partial charge < -0.3 is 5.32 Å². The molecule has 1 unspecified atom stereocenters. The lowest BCUT2D eigenvalue weighted by Crippen LogP contribution is -2.32. The maximum absolute atomic E-state index is 4.52. The van der Waals surface area contributed by atoms with E-state index in [1.807, 2.05) is 0 Å². The van der Waals surface area contributed by atoms with E-state index in [-0.39, 0.29) is 0 Å². The molecule has 4 heteroatoms. The molecule has 0 spiro atoms. The van der Waals surface area contributed by atoms with Gasteiger partial charge >= 0.3 is 0 Å². The van der Waals surface area contributed by atoms with Gasteiger partial charge in [-0.05, 0) is 32.0 Å². The van der Waals surface area contributed by atoms with Crippen LogP contribution in [-0.2, 0) is 13.0 Å². The number of para-hydroxylation sites is 1. The normalized spacial score (nSPS) is 17.5. The molecule has 3 rings (SSSR count). The molecule has 100 valence electrons. The Bertz CT molecular complexity index is 539. The van der Waals surface area contributed by atoms with Gasteiger partial charge in [0.1, 0.15) is 0 Å². The van der Waals surface area contributed by atoms with Gasteiger partial charge in [0, 0.05) is 30.2 Å². The van der Waals surface area contributed by atoms with Crippen molar-refractivity contribution in [1.29, 1.82) is 0 Å². The Morgan fingerprint density at radius 2 is 2.26 bits per heavy atom. The molecule has 2 aromatic rings. The largest absolute Gasteiger partial charge is 0.380 e.